The summed E-state index contributed by atoms with van der Waals surface area (Å²) in [6, 6.07) is 4.01. The highest BCUT2D eigenvalue weighted by Gasteiger charge is 1.98. The van der Waals surface area contributed by atoms with E-state index in [0.29, 0.717) is 18.0 Å². The van der Waals surface area contributed by atoms with E-state index in [1.165, 1.54) is 5.56 Å². The quantitative estimate of drug-likeness (QED) is 0.423. The fourth-order valence-electron chi connectivity index (χ4n) is 1.77. The molecular formula is C17H25N3O4. The monoisotopic (exact) mass is 335 g/mol. The van der Waals surface area contributed by atoms with Crippen molar-refractivity contribution in [3.05, 3.63) is 47.8 Å². The van der Waals surface area contributed by atoms with E-state index in [4.69, 9.17) is 15.9 Å². The number of nitrogens with zero attached hydrogens (tertiary/aromatic N) is 1. The van der Waals surface area contributed by atoms with E-state index in [9.17, 15) is 9.59 Å². The fourth-order valence-corrected chi connectivity index (χ4v) is 1.77. The van der Waals surface area contributed by atoms with Crippen LogP contribution in [0.15, 0.2) is 36.6 Å². The zero-order valence-electron chi connectivity index (χ0n) is 14.0. The highest BCUT2D eigenvalue weighted by Crippen LogP contribution is 2.08. The Labute approximate surface area is 141 Å². The van der Waals surface area contributed by atoms with E-state index < -0.39 is 11.9 Å². The number of anilines is 1. The molecule has 0 aliphatic heterocycles. The number of unbranched alkanes of at least 4 members (excludes halogenated alkanes) is 1. The van der Waals surface area contributed by atoms with Crippen LogP contribution in [0.2, 0.25) is 0 Å². The summed E-state index contributed by atoms with van der Waals surface area (Å²) in [5.41, 5.74) is 7.99. The minimum atomic E-state index is -1.26. The number of nitrogens with one attached hydrogen (secondary N) is 1. The Balaban J connectivity index is 0.000000561. The molecule has 132 valence electrons. The molecule has 1 aromatic heterocycles. The molecule has 0 aliphatic carbocycles. The second-order valence-corrected chi connectivity index (χ2v) is 4.98. The summed E-state index contributed by atoms with van der Waals surface area (Å²) in [5.74, 6) is -1.89. The summed E-state index contributed by atoms with van der Waals surface area (Å²) < 4.78 is 0. The van der Waals surface area contributed by atoms with Crippen LogP contribution in [0.1, 0.15) is 31.0 Å². The Morgan fingerprint density at radius 2 is 1.83 bits per heavy atom. The van der Waals surface area contributed by atoms with Gasteiger partial charge in [0.25, 0.3) is 0 Å². The number of aliphatic carboxylic acids is 2. The highest BCUT2D eigenvalue weighted by atomic mass is 16.4. The predicted octanol–water partition coefficient (Wildman–Crippen LogP) is 2.13. The lowest BCUT2D eigenvalue weighted by molar-refractivity contribution is -0.134. The van der Waals surface area contributed by atoms with Gasteiger partial charge in [-0.15, -0.1) is 0 Å². The van der Waals surface area contributed by atoms with Crippen molar-refractivity contribution in [1.29, 1.82) is 0 Å². The van der Waals surface area contributed by atoms with Crippen LogP contribution >= 0.6 is 0 Å². The van der Waals surface area contributed by atoms with Crippen LogP contribution in [-0.2, 0) is 16.0 Å². The molecule has 7 nitrogen and oxygen atoms in total. The first-order chi connectivity index (χ1) is 11.3. The first kappa shape index (κ1) is 21.2. The fraction of sp³-hybridized carbons (Fsp3) is 0.353. The topological polar surface area (TPSA) is 126 Å². The normalized spacial score (nSPS) is 10.4. The predicted molar refractivity (Wildman–Crippen MR) is 93.6 cm³/mol. The summed E-state index contributed by atoms with van der Waals surface area (Å²) in [6.45, 7) is 5.08. The summed E-state index contributed by atoms with van der Waals surface area (Å²) in [5, 5.41) is 18.8. The highest BCUT2D eigenvalue weighted by molar-refractivity contribution is 5.89. The zero-order chi connectivity index (χ0) is 18.4. The number of hydrogen-bond acceptors (Lipinski definition) is 5. The molecule has 0 spiro atoms. The van der Waals surface area contributed by atoms with Gasteiger partial charge in [0.15, 0.2) is 0 Å². The Kier molecular flexibility index (Phi) is 11.2. The molecule has 0 atom stereocenters. The van der Waals surface area contributed by atoms with Gasteiger partial charge in [-0.1, -0.05) is 6.08 Å². The number of aromatic nitrogens is 1. The van der Waals surface area contributed by atoms with E-state index in [-0.39, 0.29) is 0 Å². The van der Waals surface area contributed by atoms with Gasteiger partial charge >= 0.3 is 11.9 Å². The number of carboxylic acids is 2. The molecule has 5 N–H and O–H groups in total. The van der Waals surface area contributed by atoms with Crippen molar-refractivity contribution in [2.75, 3.05) is 12.3 Å². The Morgan fingerprint density at radius 3 is 2.33 bits per heavy atom. The van der Waals surface area contributed by atoms with Crippen LogP contribution in [-0.4, -0.2) is 33.7 Å². The van der Waals surface area contributed by atoms with E-state index in [1.807, 2.05) is 25.3 Å². The summed E-state index contributed by atoms with van der Waals surface area (Å²) in [4.78, 5) is 23.4. The Hall–Kier alpha value is -2.83. The number of nitrogen functional groups attached to an aromatic ring is 1. The summed E-state index contributed by atoms with van der Waals surface area (Å²) in [6.07, 6.45) is 8.39. The number of aryl methyl sites for hydroxylation is 2. The van der Waals surface area contributed by atoms with Crippen LogP contribution in [0.4, 0.5) is 5.82 Å². The van der Waals surface area contributed by atoms with Gasteiger partial charge < -0.3 is 21.3 Å². The molecule has 0 fully saturated rings. The molecule has 0 aliphatic rings. The molecule has 24 heavy (non-hydrogen) atoms. The average Bonchev–Trinajstić information content (AvgIpc) is 2.48. The van der Waals surface area contributed by atoms with E-state index in [1.54, 1.807) is 0 Å². The van der Waals surface area contributed by atoms with Gasteiger partial charge in [0.1, 0.15) is 5.82 Å². The van der Waals surface area contributed by atoms with Crippen LogP contribution in [0, 0.1) is 6.92 Å². The lowest BCUT2D eigenvalue weighted by Crippen LogP contribution is -2.07. The van der Waals surface area contributed by atoms with Crippen molar-refractivity contribution in [2.45, 2.75) is 33.1 Å². The van der Waals surface area contributed by atoms with Crippen molar-refractivity contribution in [2.24, 2.45) is 0 Å². The van der Waals surface area contributed by atoms with E-state index >= 15 is 0 Å². The molecule has 0 bridgehead atoms. The largest absolute Gasteiger partial charge is 0.478 e. The van der Waals surface area contributed by atoms with E-state index in [2.05, 4.69) is 23.3 Å². The van der Waals surface area contributed by atoms with Gasteiger partial charge in [-0.3, -0.25) is 0 Å². The van der Waals surface area contributed by atoms with E-state index in [0.717, 1.165) is 31.5 Å². The standard InChI is InChI=1S/C13H21N3.C4H4O4/c1-3-7-15-8-5-4-6-12-9-11(2)10-13(14)16-12;5-3(6)1-2-4(7)8/h3,7,9-10,15H,4-6,8H2,1-2H3,(H2,14,16);1-2H,(H,5,6)(H,7,8)/b7-3+;2-1+. The van der Waals surface area contributed by atoms with Gasteiger partial charge in [0.2, 0.25) is 0 Å². The molecule has 0 unspecified atom stereocenters. The first-order valence-corrected chi connectivity index (χ1v) is 7.56. The maximum Gasteiger partial charge on any atom is 0.328 e. The number of allylic oxidation sites excluding steroid dienone is 1. The maximum absolute atomic E-state index is 9.55. The van der Waals surface area contributed by atoms with Crippen LogP contribution in [0.5, 0.6) is 0 Å². The second-order valence-electron chi connectivity index (χ2n) is 4.98. The molecule has 1 aromatic rings. The third-order valence-electron chi connectivity index (χ3n) is 2.70. The number of hydrogen-bond donors (Lipinski definition) is 4. The van der Waals surface area contributed by atoms with Gasteiger partial charge in [0.05, 0.1) is 0 Å². The molecule has 1 rings (SSSR count). The number of nitrogens with two attached hydrogens (primary N) is 1. The Bertz CT molecular complexity index is 547. The number of carboxylic acid groups (broad SMARTS) is 2. The molecule has 0 amide bonds. The molecule has 7 heteroatoms. The SMILES string of the molecule is C/C=C/NCCCCc1cc(C)cc(N)n1.O=C(O)/C=C/C(=O)O. The van der Waals surface area contributed by atoms with Gasteiger partial charge in [-0.25, -0.2) is 14.6 Å². The molecule has 0 saturated heterocycles. The van der Waals surface area contributed by atoms with Crippen molar-refractivity contribution in [3.63, 3.8) is 0 Å². The minimum Gasteiger partial charge on any atom is -0.478 e. The van der Waals surface area contributed by atoms with Crippen molar-refractivity contribution in [3.8, 4) is 0 Å². The minimum absolute atomic E-state index is 0.558. The molecule has 0 radical (unpaired) electrons. The number of pyridine rings is 1. The number of rotatable bonds is 8. The lowest BCUT2D eigenvalue weighted by atomic mass is 10.1. The molecule has 0 saturated carbocycles. The van der Waals surface area contributed by atoms with Gasteiger partial charge in [0, 0.05) is 24.4 Å². The van der Waals surface area contributed by atoms with Gasteiger partial charge in [-0.2, -0.15) is 0 Å². The Morgan fingerprint density at radius 1 is 1.21 bits per heavy atom. The van der Waals surface area contributed by atoms with Crippen molar-refractivity contribution in [1.82, 2.24) is 10.3 Å². The second kappa shape index (κ2) is 12.7. The third-order valence-corrected chi connectivity index (χ3v) is 2.70. The molecular weight excluding hydrogens is 310 g/mol. The van der Waals surface area contributed by atoms with Crippen molar-refractivity contribution >= 4 is 17.8 Å². The summed E-state index contributed by atoms with van der Waals surface area (Å²) in [7, 11) is 0. The van der Waals surface area contributed by atoms with Crippen molar-refractivity contribution < 1.29 is 19.8 Å². The number of carbonyl (C=O) groups is 2. The van der Waals surface area contributed by atoms with Crippen LogP contribution < -0.4 is 11.1 Å². The zero-order valence-corrected chi connectivity index (χ0v) is 14.0. The van der Waals surface area contributed by atoms with Gasteiger partial charge in [-0.05, 0) is 57.0 Å². The third kappa shape index (κ3) is 12.9. The van der Waals surface area contributed by atoms with Crippen LogP contribution in [0.25, 0.3) is 0 Å². The molecule has 0 aromatic carbocycles. The smallest absolute Gasteiger partial charge is 0.328 e. The first-order valence-electron chi connectivity index (χ1n) is 7.56. The molecule has 1 heterocycles. The summed E-state index contributed by atoms with van der Waals surface area (Å²) >= 11 is 0. The average molecular weight is 335 g/mol. The van der Waals surface area contributed by atoms with Crippen LogP contribution in [0.3, 0.4) is 0 Å². The lowest BCUT2D eigenvalue weighted by Gasteiger charge is -2.04. The maximum atomic E-state index is 9.55.